The average molecular weight is 322 g/mol. The molecular formula is C18H22N6. The Morgan fingerprint density at radius 3 is 2.88 bits per heavy atom. The van der Waals surface area contributed by atoms with Crippen LogP contribution in [0.15, 0.2) is 24.7 Å². The normalized spacial score (nSPS) is 23.6. The van der Waals surface area contributed by atoms with Gasteiger partial charge in [-0.2, -0.15) is 5.10 Å². The van der Waals surface area contributed by atoms with Crippen LogP contribution in [-0.4, -0.2) is 30.9 Å². The topological polar surface area (TPSA) is 74.5 Å². The number of fused-ring (bicyclic) bond motifs is 1. The smallest absolute Gasteiger partial charge is 0.163 e. The highest BCUT2D eigenvalue weighted by Crippen LogP contribution is 2.45. The van der Waals surface area contributed by atoms with Gasteiger partial charge in [0.05, 0.1) is 34.5 Å². The number of hydrogen-bond donors (Lipinski definition) is 1. The van der Waals surface area contributed by atoms with Crippen molar-refractivity contribution in [2.24, 2.45) is 18.7 Å². The Morgan fingerprint density at radius 1 is 1.29 bits per heavy atom. The number of aromatic nitrogens is 5. The summed E-state index contributed by atoms with van der Waals surface area (Å²) in [5, 5.41) is 4.92. The summed E-state index contributed by atoms with van der Waals surface area (Å²) in [5.74, 6) is 2.04. The highest BCUT2D eigenvalue weighted by Gasteiger charge is 2.34. The van der Waals surface area contributed by atoms with E-state index in [0.29, 0.717) is 17.9 Å². The Hall–Kier alpha value is -2.21. The minimum Gasteiger partial charge on any atom is -0.348 e. The second kappa shape index (κ2) is 5.14. The van der Waals surface area contributed by atoms with Gasteiger partial charge < -0.3 is 10.3 Å². The van der Waals surface area contributed by atoms with E-state index in [-0.39, 0.29) is 0 Å². The van der Waals surface area contributed by atoms with E-state index in [1.165, 1.54) is 18.5 Å². The number of nitrogens with zero attached hydrogens (tertiary/aromatic N) is 5. The van der Waals surface area contributed by atoms with Crippen molar-refractivity contribution in [2.45, 2.75) is 37.6 Å². The first-order chi connectivity index (χ1) is 11.7. The maximum atomic E-state index is 5.76. The third kappa shape index (κ3) is 2.17. The zero-order valence-corrected chi connectivity index (χ0v) is 13.9. The van der Waals surface area contributed by atoms with Gasteiger partial charge >= 0.3 is 0 Å². The zero-order chi connectivity index (χ0) is 16.3. The SMILES string of the molecule is Cn1ccc2nc(-c3cn(C4CC(CN)C4)nc3C3CC3)ncc21. The van der Waals surface area contributed by atoms with Gasteiger partial charge in [-0.1, -0.05) is 0 Å². The average Bonchev–Trinajstić information content (AvgIpc) is 3.21. The van der Waals surface area contributed by atoms with Crippen LogP contribution in [0.2, 0.25) is 0 Å². The van der Waals surface area contributed by atoms with Gasteiger partial charge in [-0.3, -0.25) is 4.68 Å². The van der Waals surface area contributed by atoms with E-state index in [1.807, 2.05) is 30.1 Å². The van der Waals surface area contributed by atoms with Crippen molar-refractivity contribution in [3.05, 3.63) is 30.4 Å². The van der Waals surface area contributed by atoms with Crippen molar-refractivity contribution in [1.29, 1.82) is 0 Å². The molecule has 0 unspecified atom stereocenters. The lowest BCUT2D eigenvalue weighted by Gasteiger charge is -2.34. The van der Waals surface area contributed by atoms with Crippen LogP contribution in [-0.2, 0) is 7.05 Å². The summed E-state index contributed by atoms with van der Waals surface area (Å²) in [5.41, 5.74) is 10.1. The Balaban J connectivity index is 1.54. The van der Waals surface area contributed by atoms with Crippen molar-refractivity contribution in [1.82, 2.24) is 24.3 Å². The molecule has 0 aliphatic heterocycles. The van der Waals surface area contributed by atoms with Gasteiger partial charge in [-0.25, -0.2) is 9.97 Å². The van der Waals surface area contributed by atoms with Gasteiger partial charge in [0.2, 0.25) is 0 Å². The fourth-order valence-electron chi connectivity index (χ4n) is 3.71. The minimum absolute atomic E-state index is 0.491. The summed E-state index contributed by atoms with van der Waals surface area (Å²) in [7, 11) is 2.02. The van der Waals surface area contributed by atoms with Gasteiger partial charge in [0, 0.05) is 25.4 Å². The van der Waals surface area contributed by atoms with Gasteiger partial charge in [0.1, 0.15) is 0 Å². The lowest BCUT2D eigenvalue weighted by atomic mass is 9.80. The Kier molecular flexibility index (Phi) is 3.03. The molecule has 6 nitrogen and oxygen atoms in total. The molecular weight excluding hydrogens is 300 g/mol. The second-order valence-electron chi connectivity index (χ2n) is 7.30. The van der Waals surface area contributed by atoms with E-state index in [2.05, 4.69) is 15.9 Å². The van der Waals surface area contributed by atoms with Crippen LogP contribution in [0.25, 0.3) is 22.4 Å². The van der Waals surface area contributed by atoms with Crippen LogP contribution in [0.4, 0.5) is 0 Å². The van der Waals surface area contributed by atoms with Gasteiger partial charge in [0.25, 0.3) is 0 Å². The molecule has 0 atom stereocenters. The van der Waals surface area contributed by atoms with Crippen molar-refractivity contribution in [3.63, 3.8) is 0 Å². The summed E-state index contributed by atoms with van der Waals surface area (Å²) >= 11 is 0. The van der Waals surface area contributed by atoms with Crippen molar-refractivity contribution >= 4 is 11.0 Å². The van der Waals surface area contributed by atoms with Gasteiger partial charge in [-0.15, -0.1) is 0 Å². The predicted octanol–water partition coefficient (Wildman–Crippen LogP) is 2.62. The fraction of sp³-hybridized carbons (Fsp3) is 0.500. The highest BCUT2D eigenvalue weighted by molar-refractivity contribution is 5.77. The standard InChI is InChI=1S/C18H22N6/c1-23-5-4-15-16(23)9-20-18(21-15)14-10-24(13-6-11(7-13)8-19)22-17(14)12-2-3-12/h4-5,9-13H,2-3,6-8,19H2,1H3. The highest BCUT2D eigenvalue weighted by atomic mass is 15.3. The molecule has 0 amide bonds. The molecule has 124 valence electrons. The lowest BCUT2D eigenvalue weighted by Crippen LogP contribution is -2.32. The fourth-order valence-corrected chi connectivity index (χ4v) is 3.71. The predicted molar refractivity (Wildman–Crippen MR) is 92.5 cm³/mol. The molecule has 3 heterocycles. The molecule has 2 fully saturated rings. The van der Waals surface area contributed by atoms with Crippen LogP contribution in [0.3, 0.4) is 0 Å². The zero-order valence-electron chi connectivity index (χ0n) is 13.9. The maximum absolute atomic E-state index is 5.76. The summed E-state index contributed by atoms with van der Waals surface area (Å²) < 4.78 is 4.19. The molecule has 2 aliphatic rings. The number of nitrogens with two attached hydrogens (primary N) is 1. The molecule has 2 N–H and O–H groups in total. The van der Waals surface area contributed by atoms with Crippen LogP contribution >= 0.6 is 0 Å². The van der Waals surface area contributed by atoms with Crippen LogP contribution in [0.1, 0.15) is 43.3 Å². The first kappa shape index (κ1) is 14.2. The summed E-state index contributed by atoms with van der Waals surface area (Å²) in [6.45, 7) is 0.786. The Labute approximate surface area is 140 Å². The van der Waals surface area contributed by atoms with Gasteiger partial charge in [-0.05, 0) is 44.2 Å². The molecule has 24 heavy (non-hydrogen) atoms. The number of rotatable bonds is 4. The molecule has 0 aromatic carbocycles. The Bertz CT molecular complexity index is 898. The molecule has 3 aromatic rings. The minimum atomic E-state index is 0.491. The first-order valence-corrected chi connectivity index (χ1v) is 8.80. The number of hydrogen-bond acceptors (Lipinski definition) is 4. The second-order valence-corrected chi connectivity index (χ2v) is 7.30. The molecule has 6 heteroatoms. The van der Waals surface area contributed by atoms with Crippen LogP contribution in [0.5, 0.6) is 0 Å². The van der Waals surface area contributed by atoms with E-state index in [1.54, 1.807) is 0 Å². The molecule has 0 spiro atoms. The largest absolute Gasteiger partial charge is 0.348 e. The summed E-state index contributed by atoms with van der Waals surface area (Å²) in [4.78, 5) is 9.40. The van der Waals surface area contributed by atoms with Gasteiger partial charge in [0.15, 0.2) is 5.82 Å². The third-order valence-electron chi connectivity index (χ3n) is 5.52. The number of aryl methyl sites for hydroxylation is 1. The first-order valence-electron chi connectivity index (χ1n) is 8.80. The van der Waals surface area contributed by atoms with Crippen LogP contribution in [0, 0.1) is 5.92 Å². The lowest BCUT2D eigenvalue weighted by molar-refractivity contribution is 0.189. The summed E-state index contributed by atoms with van der Waals surface area (Å²) in [6.07, 6.45) is 10.8. The monoisotopic (exact) mass is 322 g/mol. The van der Waals surface area contributed by atoms with E-state index >= 15 is 0 Å². The molecule has 2 saturated carbocycles. The van der Waals surface area contributed by atoms with E-state index in [4.69, 9.17) is 15.8 Å². The molecule has 0 saturated heterocycles. The maximum Gasteiger partial charge on any atom is 0.163 e. The van der Waals surface area contributed by atoms with E-state index < -0.39 is 0 Å². The van der Waals surface area contributed by atoms with Crippen molar-refractivity contribution < 1.29 is 0 Å². The molecule has 5 rings (SSSR count). The quantitative estimate of drug-likeness (QED) is 0.801. The third-order valence-corrected chi connectivity index (χ3v) is 5.52. The summed E-state index contributed by atoms with van der Waals surface area (Å²) in [6, 6.07) is 2.53. The van der Waals surface area contributed by atoms with Crippen LogP contribution < -0.4 is 5.73 Å². The molecule has 3 aromatic heterocycles. The molecule has 2 aliphatic carbocycles. The van der Waals surface area contributed by atoms with E-state index in [9.17, 15) is 0 Å². The Morgan fingerprint density at radius 2 is 2.12 bits per heavy atom. The van der Waals surface area contributed by atoms with Crippen molar-refractivity contribution in [2.75, 3.05) is 6.54 Å². The molecule has 0 bridgehead atoms. The van der Waals surface area contributed by atoms with Crippen molar-refractivity contribution in [3.8, 4) is 11.4 Å². The van der Waals surface area contributed by atoms with E-state index in [0.717, 1.165) is 41.8 Å². The molecule has 0 radical (unpaired) electrons.